The second kappa shape index (κ2) is 11.5. The molecule has 0 bridgehead atoms. The molecule has 0 fully saturated rings. The maximum atomic E-state index is 12.9. The number of aromatic nitrogens is 1. The Bertz CT molecular complexity index is 1230. The van der Waals surface area contributed by atoms with Gasteiger partial charge in [0.1, 0.15) is 22.2 Å². The van der Waals surface area contributed by atoms with E-state index in [1.807, 2.05) is 31.2 Å². The number of carboxylic acids is 1. The fourth-order valence-corrected chi connectivity index (χ4v) is 4.39. The highest BCUT2D eigenvalue weighted by Crippen LogP contribution is 2.28. The molecule has 0 saturated carbocycles. The van der Waals surface area contributed by atoms with Crippen LogP contribution in [-0.4, -0.2) is 48.0 Å². The lowest BCUT2D eigenvalue weighted by Crippen LogP contribution is -2.31. The fourth-order valence-electron chi connectivity index (χ4n) is 3.41. The smallest absolute Gasteiger partial charge is 0.411 e. The molecule has 11 heteroatoms. The molecule has 0 aliphatic carbocycles. The maximum absolute atomic E-state index is 12.9. The molecule has 3 aromatic rings. The largest absolute Gasteiger partial charge is 0.496 e. The number of thiazole rings is 1. The number of aryl methyl sites for hydroxylation is 2. The van der Waals surface area contributed by atoms with Crippen LogP contribution in [0.4, 0.5) is 13.2 Å². The molecule has 7 nitrogen and oxygen atoms in total. The monoisotopic (exact) mass is 522 g/mol. The molecule has 0 aliphatic rings. The van der Waals surface area contributed by atoms with Crippen LogP contribution >= 0.6 is 11.3 Å². The van der Waals surface area contributed by atoms with Gasteiger partial charge in [-0.1, -0.05) is 42.0 Å². The van der Waals surface area contributed by atoms with E-state index in [0.29, 0.717) is 27.4 Å². The quantitative estimate of drug-likeness (QED) is 0.392. The number of nitrogens with one attached hydrogen (secondary N) is 1. The average Bonchev–Trinajstić information content (AvgIpc) is 3.21. The lowest BCUT2D eigenvalue weighted by Gasteiger charge is -2.17. The predicted octanol–water partition coefficient (Wildman–Crippen LogP) is 4.94. The first-order valence-electron chi connectivity index (χ1n) is 10.9. The number of carbonyl (C=O) groups excluding carboxylic acids is 1. The van der Waals surface area contributed by atoms with Gasteiger partial charge in [-0.15, -0.1) is 11.3 Å². The third kappa shape index (κ3) is 7.28. The summed E-state index contributed by atoms with van der Waals surface area (Å²) in [6, 6.07) is 12.5. The molecule has 0 spiro atoms. The van der Waals surface area contributed by atoms with Crippen molar-refractivity contribution in [3.63, 3.8) is 0 Å². The van der Waals surface area contributed by atoms with Crippen molar-refractivity contribution in [3.05, 3.63) is 69.7 Å². The normalized spacial score (nSPS) is 12.3. The summed E-state index contributed by atoms with van der Waals surface area (Å²) in [4.78, 5) is 29.2. The molecule has 0 aliphatic heterocycles. The third-order valence-electron chi connectivity index (χ3n) is 5.23. The van der Waals surface area contributed by atoms with Crippen LogP contribution in [0.1, 0.15) is 32.1 Å². The van der Waals surface area contributed by atoms with Crippen molar-refractivity contribution in [2.24, 2.45) is 0 Å². The van der Waals surface area contributed by atoms with Gasteiger partial charge in [0, 0.05) is 24.1 Å². The van der Waals surface area contributed by atoms with Gasteiger partial charge >= 0.3 is 12.1 Å². The Labute approximate surface area is 209 Å². The topological polar surface area (TPSA) is 97.8 Å². The zero-order chi connectivity index (χ0) is 26.5. The maximum Gasteiger partial charge on any atom is 0.411 e. The van der Waals surface area contributed by atoms with Gasteiger partial charge in [-0.2, -0.15) is 13.2 Å². The van der Waals surface area contributed by atoms with Gasteiger partial charge in [0.05, 0.1) is 12.8 Å². The number of hydrogen-bond donors (Lipinski definition) is 2. The molecule has 1 unspecified atom stereocenters. The van der Waals surface area contributed by atoms with Crippen molar-refractivity contribution in [2.45, 2.75) is 39.1 Å². The minimum Gasteiger partial charge on any atom is -0.496 e. The van der Waals surface area contributed by atoms with E-state index in [9.17, 15) is 27.9 Å². The van der Waals surface area contributed by atoms with Crippen molar-refractivity contribution in [1.82, 2.24) is 10.3 Å². The molecule has 36 heavy (non-hydrogen) atoms. The second-order valence-electron chi connectivity index (χ2n) is 8.09. The van der Waals surface area contributed by atoms with Crippen molar-refractivity contribution in [3.8, 4) is 16.3 Å². The van der Waals surface area contributed by atoms with Gasteiger partial charge in [-0.3, -0.25) is 4.79 Å². The lowest BCUT2D eigenvalue weighted by atomic mass is 10.0. The third-order valence-corrected chi connectivity index (χ3v) is 6.44. The van der Waals surface area contributed by atoms with Gasteiger partial charge < -0.3 is 19.9 Å². The number of nitrogens with zero attached hydrogens (tertiary/aromatic N) is 1. The minimum atomic E-state index is -4.64. The summed E-state index contributed by atoms with van der Waals surface area (Å²) in [7, 11) is 1.44. The van der Waals surface area contributed by atoms with Gasteiger partial charge in [-0.05, 0) is 25.5 Å². The molecule has 1 aromatic heterocycles. The van der Waals surface area contributed by atoms with Crippen LogP contribution < -0.4 is 10.1 Å². The molecule has 2 aromatic carbocycles. The van der Waals surface area contributed by atoms with E-state index < -0.39 is 24.9 Å². The summed E-state index contributed by atoms with van der Waals surface area (Å²) in [6.45, 7) is 2.11. The predicted molar refractivity (Wildman–Crippen MR) is 128 cm³/mol. The lowest BCUT2D eigenvalue weighted by molar-refractivity contribution is -0.192. The number of benzene rings is 2. The number of rotatable bonds is 10. The Morgan fingerprint density at radius 3 is 2.44 bits per heavy atom. The Kier molecular flexibility index (Phi) is 8.70. The van der Waals surface area contributed by atoms with Gasteiger partial charge in [-0.25, -0.2) is 9.78 Å². The van der Waals surface area contributed by atoms with Crippen LogP contribution in [0.25, 0.3) is 10.6 Å². The SMILES string of the molecule is COc1ccc(CC(OCC(F)(F)F)C(=O)O)cc1CNC(=O)c1sc(-c2ccc(C)cc2)nc1C. The highest BCUT2D eigenvalue weighted by atomic mass is 32.1. The van der Waals surface area contributed by atoms with E-state index in [0.717, 1.165) is 16.1 Å². The molecular weight excluding hydrogens is 497 g/mol. The van der Waals surface area contributed by atoms with Crippen LogP contribution in [0.15, 0.2) is 42.5 Å². The Morgan fingerprint density at radius 2 is 1.83 bits per heavy atom. The summed E-state index contributed by atoms with van der Waals surface area (Å²) >= 11 is 1.27. The highest BCUT2D eigenvalue weighted by molar-refractivity contribution is 7.17. The number of alkyl halides is 3. The average molecular weight is 523 g/mol. The van der Waals surface area contributed by atoms with Crippen LogP contribution in [0.2, 0.25) is 0 Å². The number of halogens is 3. The van der Waals surface area contributed by atoms with E-state index >= 15 is 0 Å². The summed E-state index contributed by atoms with van der Waals surface area (Å²) in [5.41, 5.74) is 3.56. The number of hydrogen-bond acceptors (Lipinski definition) is 6. The highest BCUT2D eigenvalue weighted by Gasteiger charge is 2.31. The Morgan fingerprint density at radius 1 is 1.14 bits per heavy atom. The molecule has 1 heterocycles. The first kappa shape index (κ1) is 27.2. The van der Waals surface area contributed by atoms with Crippen molar-refractivity contribution >= 4 is 23.2 Å². The van der Waals surface area contributed by atoms with E-state index in [2.05, 4.69) is 15.0 Å². The molecule has 1 amide bonds. The van der Waals surface area contributed by atoms with E-state index in [1.54, 1.807) is 19.1 Å². The van der Waals surface area contributed by atoms with E-state index in [-0.39, 0.29) is 18.9 Å². The molecular formula is C25H25F3N2O5S. The Balaban J connectivity index is 1.72. The summed E-state index contributed by atoms with van der Waals surface area (Å²) in [5.74, 6) is -1.41. The summed E-state index contributed by atoms with van der Waals surface area (Å²) < 4.78 is 47.3. The number of ether oxygens (including phenoxy) is 2. The molecule has 0 radical (unpaired) electrons. The summed E-state index contributed by atoms with van der Waals surface area (Å²) in [5, 5.41) is 12.8. The van der Waals surface area contributed by atoms with Crippen LogP contribution in [0.5, 0.6) is 5.75 Å². The second-order valence-corrected chi connectivity index (χ2v) is 9.08. The molecule has 192 valence electrons. The molecule has 0 saturated heterocycles. The zero-order valence-corrected chi connectivity index (χ0v) is 20.6. The van der Waals surface area contributed by atoms with Gasteiger partial charge in [0.25, 0.3) is 5.91 Å². The number of carboxylic acid groups (broad SMARTS) is 1. The molecule has 3 rings (SSSR count). The molecule has 1 atom stereocenters. The molecule has 2 N–H and O–H groups in total. The number of methoxy groups -OCH3 is 1. The first-order chi connectivity index (χ1) is 17.0. The van der Waals surface area contributed by atoms with Crippen LogP contribution in [-0.2, 0) is 22.5 Å². The number of amides is 1. The first-order valence-corrected chi connectivity index (χ1v) is 11.7. The minimum absolute atomic E-state index is 0.0498. The van der Waals surface area contributed by atoms with E-state index in [4.69, 9.17) is 4.74 Å². The zero-order valence-electron chi connectivity index (χ0n) is 19.8. The van der Waals surface area contributed by atoms with Gasteiger partial charge in [0.15, 0.2) is 6.10 Å². The number of aliphatic carboxylic acids is 1. The standard InChI is InChI=1S/C25H25F3N2O5S/c1-14-4-7-17(8-5-14)23-30-15(2)21(36-23)22(31)29-12-18-10-16(6-9-19(18)34-3)11-20(24(32)33)35-13-25(26,27)28/h4-10,20H,11-13H2,1-3H3,(H,29,31)(H,32,33). The van der Waals surface area contributed by atoms with Crippen molar-refractivity contribution < 1.29 is 37.3 Å². The Hall–Kier alpha value is -3.44. The van der Waals surface area contributed by atoms with Crippen molar-refractivity contribution in [2.75, 3.05) is 13.7 Å². The number of carbonyl (C=O) groups is 2. The summed E-state index contributed by atoms with van der Waals surface area (Å²) in [6.07, 6.45) is -6.61. The van der Waals surface area contributed by atoms with Gasteiger partial charge in [0.2, 0.25) is 0 Å². The van der Waals surface area contributed by atoms with Crippen molar-refractivity contribution in [1.29, 1.82) is 0 Å². The van der Waals surface area contributed by atoms with E-state index in [1.165, 1.54) is 24.5 Å². The van der Waals surface area contributed by atoms with Crippen LogP contribution in [0.3, 0.4) is 0 Å². The van der Waals surface area contributed by atoms with Crippen LogP contribution in [0, 0.1) is 13.8 Å². The fraction of sp³-hybridized carbons (Fsp3) is 0.320.